The van der Waals surface area contributed by atoms with Crippen LogP contribution in [-0.4, -0.2) is 18.0 Å². The third-order valence-corrected chi connectivity index (χ3v) is 5.85. The predicted molar refractivity (Wildman–Crippen MR) is 114 cm³/mol. The summed E-state index contributed by atoms with van der Waals surface area (Å²) in [4.78, 5) is 4.63. The van der Waals surface area contributed by atoms with Gasteiger partial charge in [0.1, 0.15) is 6.61 Å². The normalized spacial score (nSPS) is 21.2. The molecule has 2 aliphatic rings. The van der Waals surface area contributed by atoms with E-state index in [1.165, 1.54) is 96.3 Å². The van der Waals surface area contributed by atoms with Gasteiger partial charge < -0.3 is 4.74 Å². The Morgan fingerprint density at radius 2 is 1.46 bits per heavy atom. The van der Waals surface area contributed by atoms with E-state index in [1.54, 1.807) is 0 Å². The van der Waals surface area contributed by atoms with E-state index < -0.39 is 0 Å². The maximum Gasteiger partial charge on any atom is 0.183 e. The first-order valence-corrected chi connectivity index (χ1v) is 11.5. The van der Waals surface area contributed by atoms with Crippen LogP contribution < -0.4 is 0 Å². The number of ether oxygens (including phenoxy) is 1. The first-order valence-electron chi connectivity index (χ1n) is 11.5. The highest BCUT2D eigenvalue weighted by atomic mass is 16.5. The van der Waals surface area contributed by atoms with Gasteiger partial charge in [0.2, 0.25) is 0 Å². The van der Waals surface area contributed by atoms with Crippen molar-refractivity contribution in [3.8, 4) is 0 Å². The van der Waals surface area contributed by atoms with Crippen molar-refractivity contribution in [1.82, 2.24) is 0 Å². The number of rotatable bonds is 15. The average Bonchev–Trinajstić information content (AvgIpc) is 3.24. The molecule has 0 bridgehead atoms. The molecule has 0 aromatic heterocycles. The quantitative estimate of drug-likeness (QED) is 0.217. The van der Waals surface area contributed by atoms with Gasteiger partial charge in [0, 0.05) is 6.42 Å². The summed E-state index contributed by atoms with van der Waals surface area (Å²) in [6, 6.07) is 0. The van der Waals surface area contributed by atoms with Crippen molar-refractivity contribution >= 4 is 5.90 Å². The lowest BCUT2D eigenvalue weighted by Crippen LogP contribution is -2.17. The van der Waals surface area contributed by atoms with Gasteiger partial charge in [-0.25, -0.2) is 4.99 Å². The molecule has 0 amide bonds. The fourth-order valence-corrected chi connectivity index (χ4v) is 4.18. The van der Waals surface area contributed by atoms with Crippen LogP contribution in [0.25, 0.3) is 0 Å². The molecule has 0 spiro atoms. The molecule has 2 nitrogen and oxygen atoms in total. The van der Waals surface area contributed by atoms with Crippen LogP contribution in [-0.2, 0) is 4.74 Å². The molecule has 0 fully saturated rings. The molecule has 1 unspecified atom stereocenters. The molecule has 0 N–H and O–H groups in total. The van der Waals surface area contributed by atoms with Crippen LogP contribution in [0.15, 0.2) is 17.1 Å². The molecule has 1 aliphatic heterocycles. The van der Waals surface area contributed by atoms with E-state index in [-0.39, 0.29) is 5.54 Å². The molecule has 0 radical (unpaired) electrons. The zero-order valence-corrected chi connectivity index (χ0v) is 17.6. The summed E-state index contributed by atoms with van der Waals surface area (Å²) in [5.74, 6) is 1.91. The lowest BCUT2D eigenvalue weighted by molar-refractivity contribution is 0.273. The van der Waals surface area contributed by atoms with E-state index in [1.807, 2.05) is 0 Å². The van der Waals surface area contributed by atoms with Crippen LogP contribution in [0.2, 0.25) is 0 Å². The Labute approximate surface area is 162 Å². The van der Waals surface area contributed by atoms with Gasteiger partial charge in [0.15, 0.2) is 5.90 Å². The molecular formula is C24H43NO. The Morgan fingerprint density at radius 3 is 1.96 bits per heavy atom. The van der Waals surface area contributed by atoms with E-state index in [2.05, 4.69) is 31.0 Å². The number of aliphatic imine (C=N–C) groups is 1. The van der Waals surface area contributed by atoms with Gasteiger partial charge in [-0.1, -0.05) is 82.8 Å². The van der Waals surface area contributed by atoms with Crippen molar-refractivity contribution in [2.75, 3.05) is 6.61 Å². The van der Waals surface area contributed by atoms with Crippen molar-refractivity contribution in [3.05, 3.63) is 12.2 Å². The highest BCUT2D eigenvalue weighted by molar-refractivity contribution is 5.78. The van der Waals surface area contributed by atoms with E-state index >= 15 is 0 Å². The third kappa shape index (κ3) is 9.78. The van der Waals surface area contributed by atoms with Crippen LogP contribution in [0.5, 0.6) is 0 Å². The fourth-order valence-electron chi connectivity index (χ4n) is 4.18. The first-order chi connectivity index (χ1) is 12.7. The van der Waals surface area contributed by atoms with Crippen molar-refractivity contribution in [1.29, 1.82) is 0 Å². The number of allylic oxidation sites excluding steroid dienone is 2. The summed E-state index contributed by atoms with van der Waals surface area (Å²) in [7, 11) is 0. The maximum atomic E-state index is 5.65. The molecule has 1 atom stereocenters. The molecule has 1 aliphatic carbocycles. The summed E-state index contributed by atoms with van der Waals surface area (Å²) in [5.41, 5.74) is 0.0165. The van der Waals surface area contributed by atoms with Gasteiger partial charge in [-0.05, 0) is 45.4 Å². The highest BCUT2D eigenvalue weighted by Gasteiger charge is 2.25. The van der Waals surface area contributed by atoms with Gasteiger partial charge >= 0.3 is 0 Å². The molecule has 2 heteroatoms. The van der Waals surface area contributed by atoms with Crippen LogP contribution in [0.1, 0.15) is 117 Å². The summed E-state index contributed by atoms with van der Waals surface area (Å²) < 4.78 is 5.65. The molecule has 26 heavy (non-hydrogen) atoms. The van der Waals surface area contributed by atoms with E-state index in [0.29, 0.717) is 0 Å². The standard InChI is InChI=1S/C24H43NO/c1-24(2)21-26-23(25-24)20-14-12-10-8-6-4-3-5-7-9-11-13-17-22-18-15-16-19-22/h15,18,22H,3-14,16-17,19-21H2,1-2H3. The van der Waals surface area contributed by atoms with Crippen LogP contribution >= 0.6 is 0 Å². The van der Waals surface area contributed by atoms with E-state index in [9.17, 15) is 0 Å². The lowest BCUT2D eigenvalue weighted by Gasteiger charge is -2.07. The van der Waals surface area contributed by atoms with Crippen LogP contribution in [0.4, 0.5) is 0 Å². The van der Waals surface area contributed by atoms with Gasteiger partial charge in [0.25, 0.3) is 0 Å². The van der Waals surface area contributed by atoms with Gasteiger partial charge in [-0.15, -0.1) is 0 Å². The number of nitrogens with zero attached hydrogens (tertiary/aromatic N) is 1. The second kappa shape index (κ2) is 12.6. The Morgan fingerprint density at radius 1 is 0.885 bits per heavy atom. The van der Waals surface area contributed by atoms with Gasteiger partial charge in [-0.3, -0.25) is 0 Å². The summed E-state index contributed by atoms with van der Waals surface area (Å²) in [5, 5.41) is 0. The topological polar surface area (TPSA) is 21.6 Å². The summed E-state index contributed by atoms with van der Waals surface area (Å²) in [6.07, 6.45) is 27.0. The largest absolute Gasteiger partial charge is 0.478 e. The van der Waals surface area contributed by atoms with Crippen LogP contribution in [0, 0.1) is 5.92 Å². The second-order valence-electron chi connectivity index (χ2n) is 9.15. The third-order valence-electron chi connectivity index (χ3n) is 5.85. The molecule has 0 saturated carbocycles. The SMILES string of the molecule is CC1(C)COC(CCCCCCCCCCCCCCC2C=CCC2)=N1. The minimum absolute atomic E-state index is 0.0165. The molecular weight excluding hydrogens is 318 g/mol. The molecule has 0 aromatic carbocycles. The molecule has 2 rings (SSSR count). The minimum atomic E-state index is 0.0165. The van der Waals surface area contributed by atoms with Crippen molar-refractivity contribution in [3.63, 3.8) is 0 Å². The molecule has 1 heterocycles. The first kappa shape index (κ1) is 21.5. The highest BCUT2D eigenvalue weighted by Crippen LogP contribution is 2.23. The zero-order valence-electron chi connectivity index (χ0n) is 17.6. The van der Waals surface area contributed by atoms with Crippen molar-refractivity contribution < 1.29 is 4.74 Å². The number of unbranched alkanes of at least 4 members (excludes halogenated alkanes) is 11. The number of hydrogen-bond acceptors (Lipinski definition) is 2. The smallest absolute Gasteiger partial charge is 0.183 e. The lowest BCUT2D eigenvalue weighted by atomic mass is 9.99. The molecule has 150 valence electrons. The summed E-state index contributed by atoms with van der Waals surface area (Å²) in [6.45, 7) is 5.06. The van der Waals surface area contributed by atoms with Crippen LogP contribution in [0.3, 0.4) is 0 Å². The Kier molecular flexibility index (Phi) is 10.4. The van der Waals surface area contributed by atoms with Gasteiger partial charge in [0.05, 0.1) is 5.54 Å². The minimum Gasteiger partial charge on any atom is -0.478 e. The second-order valence-corrected chi connectivity index (χ2v) is 9.15. The predicted octanol–water partition coefficient (Wildman–Crippen LogP) is 7.62. The molecule has 0 aromatic rings. The fraction of sp³-hybridized carbons (Fsp3) is 0.875. The van der Waals surface area contributed by atoms with Gasteiger partial charge in [-0.2, -0.15) is 0 Å². The zero-order chi connectivity index (χ0) is 18.5. The van der Waals surface area contributed by atoms with Crippen molar-refractivity contribution in [2.24, 2.45) is 10.9 Å². The van der Waals surface area contributed by atoms with E-state index in [0.717, 1.165) is 24.8 Å². The molecule has 0 saturated heterocycles. The van der Waals surface area contributed by atoms with E-state index in [4.69, 9.17) is 4.74 Å². The Balaban J connectivity index is 1.26. The Hall–Kier alpha value is -0.790. The maximum absolute atomic E-state index is 5.65. The Bertz CT molecular complexity index is 424. The number of hydrogen-bond donors (Lipinski definition) is 0. The van der Waals surface area contributed by atoms with Crippen molar-refractivity contribution in [2.45, 2.75) is 122 Å². The summed E-state index contributed by atoms with van der Waals surface area (Å²) >= 11 is 0. The average molecular weight is 362 g/mol. The monoisotopic (exact) mass is 361 g/mol.